The van der Waals surface area contributed by atoms with Gasteiger partial charge in [0.2, 0.25) is 6.29 Å². The highest BCUT2D eigenvalue weighted by Crippen LogP contribution is 2.41. The van der Waals surface area contributed by atoms with Crippen LogP contribution >= 0.6 is 0 Å². The van der Waals surface area contributed by atoms with Crippen LogP contribution in [0.4, 0.5) is 23.0 Å². The van der Waals surface area contributed by atoms with Crippen molar-refractivity contribution in [1.29, 1.82) is 0 Å². The Morgan fingerprint density at radius 3 is 1.31 bits per heavy atom. The van der Waals surface area contributed by atoms with Crippen molar-refractivity contribution in [3.05, 3.63) is 216 Å². The molecule has 8 aromatic rings. The van der Waals surface area contributed by atoms with Gasteiger partial charge in [-0.15, -0.1) is 0 Å². The van der Waals surface area contributed by atoms with Gasteiger partial charge in [0.1, 0.15) is 11.6 Å². The lowest BCUT2D eigenvalue weighted by atomic mass is 10.0. The molecular formula is C58H52N6O4. The standard InChI is InChI=1S/C58H52N6O4/c1-2-3-4-5-6-7-14-31-54(67-57(65)40-32-34-48-50(38-40)44-25-15-17-27-46(44)55(48)61-63(52-29-19-36-59-52)42-21-10-8-11-22-42)68-58(66)41-33-35-49-51(39-41)45-26-16-18-28-47(45)56(49)62-64(53-30-20-37-60-53)43-23-12-9-13-24-43/h8-13,15-30,32-39,54,59-60H,2-7,14,31H2,1H3. The van der Waals surface area contributed by atoms with Gasteiger partial charge in [0.15, 0.2) is 0 Å². The Morgan fingerprint density at radius 1 is 0.456 bits per heavy atom. The van der Waals surface area contributed by atoms with Gasteiger partial charge in [-0.05, 0) is 101 Å². The number of unbranched alkanes of at least 4 members (excludes halogenated alkanes) is 6. The molecule has 10 rings (SSSR count). The summed E-state index contributed by atoms with van der Waals surface area (Å²) in [5, 5.41) is 14.2. The molecule has 2 aromatic heterocycles. The van der Waals surface area contributed by atoms with E-state index in [9.17, 15) is 9.59 Å². The average Bonchev–Trinajstić information content (AvgIpc) is 4.22. The molecule has 2 aliphatic carbocycles. The molecule has 6 aromatic carbocycles. The lowest BCUT2D eigenvalue weighted by molar-refractivity contribution is -0.0838. The number of hydrazone groups is 2. The third-order valence-corrected chi connectivity index (χ3v) is 12.5. The highest BCUT2D eigenvalue weighted by atomic mass is 16.7. The molecule has 0 aliphatic heterocycles. The van der Waals surface area contributed by atoms with Gasteiger partial charge in [-0.3, -0.25) is 0 Å². The van der Waals surface area contributed by atoms with Crippen molar-refractivity contribution in [2.45, 2.75) is 64.6 Å². The average molecular weight is 897 g/mol. The number of para-hydroxylation sites is 2. The number of rotatable bonds is 18. The van der Waals surface area contributed by atoms with Gasteiger partial charge in [0.25, 0.3) is 0 Å². The fraction of sp³-hybridized carbons (Fsp3) is 0.172. The van der Waals surface area contributed by atoms with Crippen molar-refractivity contribution >= 4 is 46.4 Å². The Balaban J connectivity index is 0.922. The first-order valence-electron chi connectivity index (χ1n) is 23.6. The van der Waals surface area contributed by atoms with E-state index in [0.717, 1.165) is 105 Å². The zero-order chi connectivity index (χ0) is 46.2. The van der Waals surface area contributed by atoms with E-state index >= 15 is 0 Å². The summed E-state index contributed by atoms with van der Waals surface area (Å²) in [4.78, 5) is 35.0. The number of nitrogens with zero attached hydrogens (tertiary/aromatic N) is 4. The van der Waals surface area contributed by atoms with E-state index in [1.54, 1.807) is 12.1 Å². The molecule has 10 heteroatoms. The van der Waals surface area contributed by atoms with Gasteiger partial charge in [-0.25, -0.2) is 19.6 Å². The van der Waals surface area contributed by atoms with Crippen LogP contribution in [0.1, 0.15) is 101 Å². The molecule has 0 fully saturated rings. The number of carbonyl (C=O) groups is 2. The van der Waals surface area contributed by atoms with Gasteiger partial charge < -0.3 is 19.4 Å². The van der Waals surface area contributed by atoms with Crippen LogP contribution in [0.15, 0.2) is 192 Å². The number of esters is 2. The number of hydrogen-bond acceptors (Lipinski definition) is 8. The first kappa shape index (κ1) is 43.6. The highest BCUT2D eigenvalue weighted by molar-refractivity contribution is 6.26. The summed E-state index contributed by atoms with van der Waals surface area (Å²) in [6.45, 7) is 2.21. The van der Waals surface area contributed by atoms with Crippen LogP contribution in [-0.4, -0.2) is 39.6 Å². The maximum absolute atomic E-state index is 14.2. The predicted octanol–water partition coefficient (Wildman–Crippen LogP) is 14.0. The van der Waals surface area contributed by atoms with Crippen LogP contribution in [0.2, 0.25) is 0 Å². The van der Waals surface area contributed by atoms with Crippen LogP contribution < -0.4 is 10.0 Å². The molecule has 0 saturated carbocycles. The molecule has 0 radical (unpaired) electrons. The number of hydrogen-bond donors (Lipinski definition) is 2. The number of aromatic nitrogens is 2. The summed E-state index contributed by atoms with van der Waals surface area (Å²) in [5.74, 6) is 0.501. The van der Waals surface area contributed by atoms with Crippen LogP contribution in [-0.2, 0) is 9.47 Å². The van der Waals surface area contributed by atoms with Gasteiger partial charge in [-0.1, -0.05) is 143 Å². The van der Waals surface area contributed by atoms with Crippen molar-refractivity contribution in [3.63, 3.8) is 0 Å². The van der Waals surface area contributed by atoms with Gasteiger partial charge in [0.05, 0.1) is 33.9 Å². The Kier molecular flexibility index (Phi) is 12.9. The second kappa shape index (κ2) is 20.1. The van der Waals surface area contributed by atoms with E-state index in [1.807, 2.05) is 168 Å². The number of nitrogens with one attached hydrogen (secondary N) is 2. The minimum Gasteiger partial charge on any atom is -0.422 e. The molecule has 10 nitrogen and oxygen atoms in total. The summed E-state index contributed by atoms with van der Waals surface area (Å²) in [5.41, 5.74) is 11.4. The molecule has 0 saturated heterocycles. The highest BCUT2D eigenvalue weighted by Gasteiger charge is 2.31. The Bertz CT molecular complexity index is 2890. The fourth-order valence-corrected chi connectivity index (χ4v) is 9.09. The zero-order valence-corrected chi connectivity index (χ0v) is 38.0. The second-order valence-corrected chi connectivity index (χ2v) is 17.1. The third kappa shape index (κ3) is 9.13. The number of benzene rings is 6. The topological polar surface area (TPSA) is 115 Å². The van der Waals surface area contributed by atoms with Gasteiger partial charge >= 0.3 is 11.9 Å². The number of fused-ring (bicyclic) bond motifs is 6. The van der Waals surface area contributed by atoms with Crippen molar-refractivity contribution < 1.29 is 19.1 Å². The molecule has 0 spiro atoms. The molecule has 2 aliphatic rings. The van der Waals surface area contributed by atoms with Gasteiger partial charge in [-0.2, -0.15) is 10.2 Å². The Labute approximate surface area is 396 Å². The number of carbonyl (C=O) groups excluding carboxylic acids is 2. The molecule has 338 valence electrons. The first-order valence-corrected chi connectivity index (χ1v) is 23.6. The van der Waals surface area contributed by atoms with Crippen LogP contribution in [0, 0.1) is 0 Å². The van der Waals surface area contributed by atoms with E-state index in [0.29, 0.717) is 17.5 Å². The first-order chi connectivity index (χ1) is 33.5. The second-order valence-electron chi connectivity index (χ2n) is 17.1. The monoisotopic (exact) mass is 896 g/mol. The predicted molar refractivity (Wildman–Crippen MR) is 271 cm³/mol. The van der Waals surface area contributed by atoms with Crippen molar-refractivity contribution in [1.82, 2.24) is 9.97 Å². The van der Waals surface area contributed by atoms with E-state index < -0.39 is 18.2 Å². The summed E-state index contributed by atoms with van der Waals surface area (Å²) in [6.07, 6.45) is 10.5. The largest absolute Gasteiger partial charge is 0.422 e. The number of ether oxygens (including phenoxy) is 2. The minimum absolute atomic E-state index is 0.356. The maximum atomic E-state index is 14.2. The molecule has 2 N–H and O–H groups in total. The summed E-state index contributed by atoms with van der Waals surface area (Å²) in [7, 11) is 0. The molecule has 2 heterocycles. The van der Waals surface area contributed by atoms with Crippen LogP contribution in [0.25, 0.3) is 22.3 Å². The lowest BCUT2D eigenvalue weighted by Gasteiger charge is -2.20. The normalized spacial score (nSPS) is 13.7. The minimum atomic E-state index is -1.10. The molecule has 0 unspecified atom stereocenters. The molecule has 0 amide bonds. The lowest BCUT2D eigenvalue weighted by Crippen LogP contribution is -2.25. The van der Waals surface area contributed by atoms with E-state index in [4.69, 9.17) is 19.7 Å². The van der Waals surface area contributed by atoms with Crippen molar-refractivity contribution in [2.75, 3.05) is 10.0 Å². The van der Waals surface area contributed by atoms with Gasteiger partial charge in [0, 0.05) is 41.1 Å². The third-order valence-electron chi connectivity index (χ3n) is 12.5. The molecular weight excluding hydrogens is 845 g/mol. The van der Waals surface area contributed by atoms with E-state index in [-0.39, 0.29) is 0 Å². The van der Waals surface area contributed by atoms with Crippen LogP contribution in [0.5, 0.6) is 0 Å². The van der Waals surface area contributed by atoms with E-state index in [1.165, 1.54) is 19.3 Å². The molecule has 0 atom stereocenters. The van der Waals surface area contributed by atoms with E-state index in [2.05, 4.69) is 29.0 Å². The summed E-state index contributed by atoms with van der Waals surface area (Å²) >= 11 is 0. The number of aromatic amines is 2. The van der Waals surface area contributed by atoms with Crippen molar-refractivity contribution in [2.24, 2.45) is 10.2 Å². The number of H-pyrrole nitrogens is 2. The Morgan fingerprint density at radius 2 is 0.868 bits per heavy atom. The van der Waals surface area contributed by atoms with Crippen LogP contribution in [0.3, 0.4) is 0 Å². The quantitative estimate of drug-likeness (QED) is 0.0384. The summed E-state index contributed by atoms with van der Waals surface area (Å²) in [6, 6.07) is 55.1. The Hall–Kier alpha value is -8.24. The molecule has 68 heavy (non-hydrogen) atoms. The zero-order valence-electron chi connectivity index (χ0n) is 38.0. The number of anilines is 4. The summed E-state index contributed by atoms with van der Waals surface area (Å²) < 4.78 is 12.3. The molecule has 0 bridgehead atoms. The smallest absolute Gasteiger partial charge is 0.341 e. The SMILES string of the molecule is CCCCCCCCCC(OC(=O)c1ccc2c(c1)-c1ccccc1C2=NN(c1ccccc1)c1ccc[nH]1)OC(=O)c1ccc2c(c1)-c1ccccc1C2=NN(c1ccccc1)c1ccc[nH]1. The maximum Gasteiger partial charge on any atom is 0.341 e. The fourth-order valence-electron chi connectivity index (χ4n) is 9.09. The van der Waals surface area contributed by atoms with Crippen molar-refractivity contribution in [3.8, 4) is 22.3 Å².